The zero-order valence-electron chi connectivity index (χ0n) is 11.9. The maximum absolute atomic E-state index is 11.6. The minimum absolute atomic E-state index is 0.157. The first-order chi connectivity index (χ1) is 9.34. The van der Waals surface area contributed by atoms with E-state index in [1.165, 1.54) is 0 Å². The van der Waals surface area contributed by atoms with Crippen molar-refractivity contribution in [2.45, 2.75) is 19.9 Å². The van der Waals surface area contributed by atoms with Crippen molar-refractivity contribution in [3.63, 3.8) is 0 Å². The van der Waals surface area contributed by atoms with Crippen LogP contribution in [0.4, 0.5) is 0 Å². The van der Waals surface area contributed by atoms with Gasteiger partial charge >= 0.3 is 5.97 Å². The third-order valence-electron chi connectivity index (χ3n) is 2.95. The van der Waals surface area contributed by atoms with Crippen LogP contribution >= 0.6 is 0 Å². The molecule has 20 heavy (non-hydrogen) atoms. The lowest BCUT2D eigenvalue weighted by Crippen LogP contribution is -2.26. The standard InChI is InChI=1S/C14H21NO4S/c1-3-9-20(18,19)10-8-15(2)11-12-4-6-13(7-5-12)14(16)17/h4-7H,3,8-11H2,1-2H3,(H,16,17). The lowest BCUT2D eigenvalue weighted by molar-refractivity contribution is 0.0697. The Morgan fingerprint density at radius 2 is 1.80 bits per heavy atom. The molecule has 0 aromatic heterocycles. The lowest BCUT2D eigenvalue weighted by Gasteiger charge is -2.16. The molecular weight excluding hydrogens is 278 g/mol. The summed E-state index contributed by atoms with van der Waals surface area (Å²) < 4.78 is 23.2. The molecule has 0 aliphatic heterocycles. The molecule has 6 heteroatoms. The third-order valence-corrected chi connectivity index (χ3v) is 4.79. The van der Waals surface area contributed by atoms with Gasteiger partial charge in [-0.3, -0.25) is 0 Å². The molecule has 1 N–H and O–H groups in total. The topological polar surface area (TPSA) is 74.7 Å². The van der Waals surface area contributed by atoms with E-state index in [1.807, 2.05) is 18.9 Å². The summed E-state index contributed by atoms with van der Waals surface area (Å²) >= 11 is 0. The van der Waals surface area contributed by atoms with Crippen LogP contribution in [0.2, 0.25) is 0 Å². The maximum Gasteiger partial charge on any atom is 0.335 e. The number of carboxylic acids is 1. The molecule has 0 aliphatic rings. The van der Waals surface area contributed by atoms with Gasteiger partial charge in [0.1, 0.15) is 0 Å². The summed E-state index contributed by atoms with van der Waals surface area (Å²) in [5.41, 5.74) is 1.22. The van der Waals surface area contributed by atoms with Crippen molar-refractivity contribution in [1.29, 1.82) is 0 Å². The largest absolute Gasteiger partial charge is 0.478 e. The van der Waals surface area contributed by atoms with Crippen molar-refractivity contribution in [2.75, 3.05) is 25.1 Å². The van der Waals surface area contributed by atoms with Crippen LogP contribution in [0.5, 0.6) is 0 Å². The van der Waals surface area contributed by atoms with Crippen molar-refractivity contribution in [3.05, 3.63) is 35.4 Å². The van der Waals surface area contributed by atoms with Crippen LogP contribution in [-0.2, 0) is 16.4 Å². The molecule has 0 aliphatic carbocycles. The molecule has 0 radical (unpaired) electrons. The van der Waals surface area contributed by atoms with E-state index < -0.39 is 15.8 Å². The summed E-state index contributed by atoms with van der Waals surface area (Å²) in [6, 6.07) is 6.61. The Morgan fingerprint density at radius 1 is 1.20 bits per heavy atom. The van der Waals surface area contributed by atoms with E-state index in [1.54, 1.807) is 24.3 Å². The second-order valence-electron chi connectivity index (χ2n) is 4.89. The fraction of sp³-hybridized carbons (Fsp3) is 0.500. The van der Waals surface area contributed by atoms with Crippen LogP contribution in [0, 0.1) is 0 Å². The van der Waals surface area contributed by atoms with E-state index in [-0.39, 0.29) is 17.1 Å². The molecule has 0 amide bonds. The Morgan fingerprint density at radius 3 is 2.30 bits per heavy atom. The first kappa shape index (κ1) is 16.7. The summed E-state index contributed by atoms with van der Waals surface area (Å²) in [7, 11) is -1.10. The number of carboxylic acid groups (broad SMARTS) is 1. The highest BCUT2D eigenvalue weighted by molar-refractivity contribution is 7.91. The Labute approximate surface area is 120 Å². The number of aromatic carboxylic acids is 1. The van der Waals surface area contributed by atoms with Crippen LogP contribution < -0.4 is 0 Å². The predicted octanol–water partition coefficient (Wildman–Crippen LogP) is 1.64. The average Bonchev–Trinajstić information content (AvgIpc) is 2.37. The van der Waals surface area contributed by atoms with Gasteiger partial charge in [-0.2, -0.15) is 0 Å². The van der Waals surface area contributed by atoms with Crippen LogP contribution in [0.1, 0.15) is 29.3 Å². The SMILES string of the molecule is CCCS(=O)(=O)CCN(C)Cc1ccc(C(=O)O)cc1. The van der Waals surface area contributed by atoms with Gasteiger partial charge in [0, 0.05) is 18.8 Å². The number of hydrogen-bond donors (Lipinski definition) is 1. The van der Waals surface area contributed by atoms with Crippen LogP contribution in [-0.4, -0.2) is 49.5 Å². The van der Waals surface area contributed by atoms with Crippen LogP contribution in [0.15, 0.2) is 24.3 Å². The minimum Gasteiger partial charge on any atom is -0.478 e. The molecule has 0 fully saturated rings. The molecule has 112 valence electrons. The summed E-state index contributed by atoms with van der Waals surface area (Å²) in [4.78, 5) is 12.7. The number of hydrogen-bond acceptors (Lipinski definition) is 4. The molecule has 0 spiro atoms. The normalized spacial score (nSPS) is 11.8. The van der Waals surface area contributed by atoms with E-state index in [0.29, 0.717) is 19.5 Å². The highest BCUT2D eigenvalue weighted by Gasteiger charge is 2.11. The zero-order chi connectivity index (χ0) is 15.2. The van der Waals surface area contributed by atoms with Gasteiger partial charge in [-0.25, -0.2) is 13.2 Å². The van der Waals surface area contributed by atoms with Crippen molar-refractivity contribution in [3.8, 4) is 0 Å². The quantitative estimate of drug-likeness (QED) is 0.790. The van der Waals surface area contributed by atoms with Gasteiger partial charge in [-0.15, -0.1) is 0 Å². The van der Waals surface area contributed by atoms with E-state index in [9.17, 15) is 13.2 Å². The monoisotopic (exact) mass is 299 g/mol. The van der Waals surface area contributed by atoms with E-state index in [2.05, 4.69) is 0 Å². The average molecular weight is 299 g/mol. The summed E-state index contributed by atoms with van der Waals surface area (Å²) in [6.45, 7) is 2.93. The second kappa shape index (κ2) is 7.40. The highest BCUT2D eigenvalue weighted by atomic mass is 32.2. The van der Waals surface area contributed by atoms with Crippen molar-refractivity contribution in [1.82, 2.24) is 4.90 Å². The molecule has 1 aromatic rings. The summed E-state index contributed by atoms with van der Waals surface area (Å²) in [5, 5.41) is 8.80. The molecule has 0 atom stereocenters. The van der Waals surface area contributed by atoms with Gasteiger partial charge in [0.15, 0.2) is 9.84 Å². The number of benzene rings is 1. The molecule has 0 heterocycles. The van der Waals surface area contributed by atoms with Crippen LogP contribution in [0.25, 0.3) is 0 Å². The van der Waals surface area contributed by atoms with Gasteiger partial charge < -0.3 is 10.0 Å². The highest BCUT2D eigenvalue weighted by Crippen LogP contribution is 2.07. The fourth-order valence-corrected chi connectivity index (χ4v) is 3.27. The zero-order valence-corrected chi connectivity index (χ0v) is 12.7. The molecular formula is C14H21NO4S. The van der Waals surface area contributed by atoms with E-state index in [4.69, 9.17) is 5.11 Å². The fourth-order valence-electron chi connectivity index (χ4n) is 1.85. The Kier molecular flexibility index (Phi) is 6.16. The number of nitrogens with zero attached hydrogens (tertiary/aromatic N) is 1. The number of sulfone groups is 1. The number of rotatable bonds is 8. The van der Waals surface area contributed by atoms with Gasteiger partial charge in [0.25, 0.3) is 0 Å². The summed E-state index contributed by atoms with van der Waals surface area (Å²) in [6.07, 6.45) is 0.642. The van der Waals surface area contributed by atoms with Gasteiger partial charge in [0.05, 0.1) is 11.3 Å². The van der Waals surface area contributed by atoms with Gasteiger partial charge in [0.2, 0.25) is 0 Å². The minimum atomic E-state index is -2.96. The molecule has 0 saturated heterocycles. The van der Waals surface area contributed by atoms with Gasteiger partial charge in [-0.05, 0) is 31.2 Å². The Bertz CT molecular complexity index is 537. The van der Waals surface area contributed by atoms with Gasteiger partial charge in [-0.1, -0.05) is 19.1 Å². The predicted molar refractivity (Wildman–Crippen MR) is 78.7 cm³/mol. The van der Waals surface area contributed by atoms with E-state index in [0.717, 1.165) is 5.56 Å². The van der Waals surface area contributed by atoms with Crippen molar-refractivity contribution < 1.29 is 18.3 Å². The maximum atomic E-state index is 11.6. The molecule has 0 saturated carbocycles. The Balaban J connectivity index is 2.50. The smallest absolute Gasteiger partial charge is 0.335 e. The molecule has 1 aromatic carbocycles. The molecule has 0 unspecified atom stereocenters. The lowest BCUT2D eigenvalue weighted by atomic mass is 10.1. The molecule has 1 rings (SSSR count). The first-order valence-electron chi connectivity index (χ1n) is 6.55. The number of carbonyl (C=O) groups is 1. The molecule has 0 bridgehead atoms. The first-order valence-corrected chi connectivity index (χ1v) is 8.37. The third kappa shape index (κ3) is 5.71. The van der Waals surface area contributed by atoms with Crippen LogP contribution in [0.3, 0.4) is 0 Å². The van der Waals surface area contributed by atoms with Crippen molar-refractivity contribution >= 4 is 15.8 Å². The molecule has 5 nitrogen and oxygen atoms in total. The van der Waals surface area contributed by atoms with Crippen molar-refractivity contribution in [2.24, 2.45) is 0 Å². The second-order valence-corrected chi connectivity index (χ2v) is 7.20. The van der Waals surface area contributed by atoms with E-state index >= 15 is 0 Å². The Hall–Kier alpha value is -1.40. The summed E-state index contributed by atoms with van der Waals surface area (Å²) in [5.74, 6) is -0.561.